The van der Waals surface area contributed by atoms with Gasteiger partial charge in [-0.3, -0.25) is 9.59 Å². The second-order valence-corrected chi connectivity index (χ2v) is 18.3. The molecular weight excluding hydrogens is 944 g/mol. The summed E-state index contributed by atoms with van der Waals surface area (Å²) < 4.78 is 23.5. The minimum absolute atomic E-state index is 0. The van der Waals surface area contributed by atoms with Crippen molar-refractivity contribution in [3.05, 3.63) is 130 Å². The van der Waals surface area contributed by atoms with Crippen molar-refractivity contribution in [2.75, 3.05) is 87.2 Å². The Morgan fingerprint density at radius 3 is 1.63 bits per heavy atom. The number of nitrogens with one attached hydrogen (secondary N) is 3. The van der Waals surface area contributed by atoms with E-state index >= 15 is 0 Å². The average Bonchev–Trinajstić information content (AvgIpc) is 3.74. The Bertz CT molecular complexity index is 2510. The molecule has 0 saturated carbocycles. The van der Waals surface area contributed by atoms with Crippen LogP contribution in [-0.2, 0) is 0 Å². The molecular formula is C54H72BrClN6O6. The Morgan fingerprint density at radius 1 is 0.559 bits per heavy atom. The van der Waals surface area contributed by atoms with Gasteiger partial charge in [-0.05, 0) is 157 Å². The van der Waals surface area contributed by atoms with Crippen molar-refractivity contribution in [1.29, 1.82) is 0 Å². The number of aromatic amines is 2. The predicted octanol–water partition coefficient (Wildman–Crippen LogP) is 10.5. The number of H-pyrrole nitrogens is 2. The van der Waals surface area contributed by atoms with Gasteiger partial charge in [0, 0.05) is 68.9 Å². The molecule has 68 heavy (non-hydrogen) atoms. The summed E-state index contributed by atoms with van der Waals surface area (Å²) in [6.07, 6.45) is 6.98. The highest BCUT2D eigenvalue weighted by Crippen LogP contribution is 2.31. The van der Waals surface area contributed by atoms with Gasteiger partial charge in [-0.15, -0.1) is 12.4 Å². The Morgan fingerprint density at radius 2 is 1.07 bits per heavy atom. The van der Waals surface area contributed by atoms with E-state index in [0.29, 0.717) is 13.2 Å². The molecule has 4 aromatic carbocycles. The number of pyridine rings is 2. The maximum absolute atomic E-state index is 11.5. The fraction of sp³-hybridized carbons (Fsp3) is 0.444. The Hall–Kier alpha value is -5.21. The lowest BCUT2D eigenvalue weighted by atomic mass is 10.2. The fourth-order valence-electron chi connectivity index (χ4n) is 8.12. The second-order valence-electron chi connectivity index (χ2n) is 17.5. The second kappa shape index (κ2) is 29.0. The van der Waals surface area contributed by atoms with Gasteiger partial charge < -0.3 is 48.9 Å². The van der Waals surface area contributed by atoms with Crippen LogP contribution in [0.4, 0.5) is 11.4 Å². The minimum Gasteiger partial charge on any atom is -0.494 e. The van der Waals surface area contributed by atoms with Crippen molar-refractivity contribution in [3.63, 3.8) is 0 Å². The summed E-state index contributed by atoms with van der Waals surface area (Å²) >= 11 is 3.38. The standard InChI is InChI=1S/C27H35N3O3.C14H22N2O.C13H14BrNO2.ClH/c1-21(2)33-26-9-4-3-8-25(26)30-16-7-15-29(17-18-30)14-5-6-19-32-23-12-10-22-11-13-27(31)28-24(22)20-23;1-12(2)17-14-7-4-3-6-13(14)16-10-5-8-15-9-11-16;14-7-1-2-8-17-11-5-3-10-4-6-13(16)15-12(10)9-11;/h3-4,8-13,20-21H,5-7,14-19H2,1-2H3,(H,28,31);3-4,6-7,12,15H,5,8-11H2,1-2H3;3-6,9H,1-2,7-8H2,(H,15,16);1H. The van der Waals surface area contributed by atoms with E-state index in [2.05, 4.69) is 110 Å². The Kier molecular flexibility index (Phi) is 22.9. The monoisotopic (exact) mass is 1010 g/mol. The quantitative estimate of drug-likeness (QED) is 0.0601. The molecule has 14 heteroatoms. The summed E-state index contributed by atoms with van der Waals surface area (Å²) in [4.78, 5) is 35.8. The molecule has 2 aliphatic heterocycles. The molecule has 2 aromatic heterocycles. The number of alkyl halides is 1. The maximum atomic E-state index is 11.5. The number of ether oxygens (including phenoxy) is 4. The summed E-state index contributed by atoms with van der Waals surface area (Å²) in [7, 11) is 0. The molecule has 0 aliphatic carbocycles. The van der Waals surface area contributed by atoms with Crippen LogP contribution in [0, 0.1) is 0 Å². The van der Waals surface area contributed by atoms with Gasteiger partial charge >= 0.3 is 0 Å². The molecule has 12 nitrogen and oxygen atoms in total. The highest BCUT2D eigenvalue weighted by Gasteiger charge is 2.19. The van der Waals surface area contributed by atoms with E-state index < -0.39 is 0 Å². The lowest BCUT2D eigenvalue weighted by Gasteiger charge is -2.26. The first-order chi connectivity index (χ1) is 32.6. The number of unbranched alkanes of at least 4 members (excludes halogenated alkanes) is 2. The highest BCUT2D eigenvalue weighted by atomic mass is 79.9. The smallest absolute Gasteiger partial charge is 0.248 e. The van der Waals surface area contributed by atoms with Crippen LogP contribution in [0.3, 0.4) is 0 Å². The van der Waals surface area contributed by atoms with Crippen LogP contribution in [0.1, 0.15) is 66.2 Å². The van der Waals surface area contributed by atoms with Gasteiger partial charge in [0.05, 0.1) is 47.8 Å². The maximum Gasteiger partial charge on any atom is 0.248 e. The first kappa shape index (κ1) is 53.7. The molecule has 0 bridgehead atoms. The summed E-state index contributed by atoms with van der Waals surface area (Å²) in [6, 6.07) is 35.0. The third-order valence-electron chi connectivity index (χ3n) is 11.4. The Labute approximate surface area is 417 Å². The van der Waals surface area contributed by atoms with E-state index in [-0.39, 0.29) is 35.7 Å². The van der Waals surface area contributed by atoms with Crippen LogP contribution in [0.5, 0.6) is 23.0 Å². The highest BCUT2D eigenvalue weighted by molar-refractivity contribution is 9.09. The van der Waals surface area contributed by atoms with Crippen molar-refractivity contribution in [2.45, 2.75) is 78.4 Å². The number of para-hydroxylation sites is 4. The zero-order valence-electron chi connectivity index (χ0n) is 40.4. The van der Waals surface area contributed by atoms with E-state index in [1.807, 2.05) is 60.7 Å². The number of aromatic nitrogens is 2. The largest absolute Gasteiger partial charge is 0.494 e. The van der Waals surface area contributed by atoms with Gasteiger partial charge in [-0.25, -0.2) is 0 Å². The third-order valence-corrected chi connectivity index (χ3v) is 12.0. The topological polar surface area (TPSA) is 124 Å². The summed E-state index contributed by atoms with van der Waals surface area (Å²) in [5.41, 5.74) is 3.88. The average molecular weight is 1020 g/mol. The van der Waals surface area contributed by atoms with Crippen molar-refractivity contribution in [2.24, 2.45) is 0 Å². The van der Waals surface area contributed by atoms with E-state index in [9.17, 15) is 9.59 Å². The zero-order chi connectivity index (χ0) is 47.2. The molecule has 0 unspecified atom stereocenters. The zero-order valence-corrected chi connectivity index (χ0v) is 42.8. The van der Waals surface area contributed by atoms with Crippen LogP contribution in [-0.4, -0.2) is 105 Å². The molecule has 2 saturated heterocycles. The van der Waals surface area contributed by atoms with E-state index in [4.69, 9.17) is 18.9 Å². The number of fused-ring (bicyclic) bond motifs is 2. The normalized spacial score (nSPS) is 14.2. The number of nitrogens with zero attached hydrogens (tertiary/aromatic N) is 3. The molecule has 6 aromatic rings. The molecule has 0 atom stereocenters. The first-order valence-corrected chi connectivity index (χ1v) is 25.3. The summed E-state index contributed by atoms with van der Waals surface area (Å²) in [5.74, 6) is 3.59. The van der Waals surface area contributed by atoms with E-state index in [0.717, 1.165) is 141 Å². The molecule has 4 heterocycles. The van der Waals surface area contributed by atoms with Crippen molar-refractivity contribution in [3.8, 4) is 23.0 Å². The fourth-order valence-corrected chi connectivity index (χ4v) is 8.51. The molecule has 2 fully saturated rings. The lowest BCUT2D eigenvalue weighted by Crippen LogP contribution is -2.31. The lowest BCUT2D eigenvalue weighted by molar-refractivity contribution is 0.242. The van der Waals surface area contributed by atoms with Crippen LogP contribution >= 0.6 is 28.3 Å². The Balaban J connectivity index is 0.000000208. The van der Waals surface area contributed by atoms with Gasteiger partial charge in [0.1, 0.15) is 23.0 Å². The number of hydrogen-bond donors (Lipinski definition) is 3. The molecule has 8 rings (SSSR count). The number of halogens is 2. The van der Waals surface area contributed by atoms with Gasteiger partial charge in [0.15, 0.2) is 0 Å². The molecule has 0 amide bonds. The number of benzene rings is 4. The molecule has 368 valence electrons. The molecule has 0 spiro atoms. The molecule has 3 N–H and O–H groups in total. The summed E-state index contributed by atoms with van der Waals surface area (Å²) in [5, 5.41) is 6.45. The van der Waals surface area contributed by atoms with Crippen molar-refractivity contribution < 1.29 is 18.9 Å². The number of hydrogen-bond acceptors (Lipinski definition) is 10. The van der Waals surface area contributed by atoms with Crippen LogP contribution in [0.2, 0.25) is 0 Å². The first-order valence-electron chi connectivity index (χ1n) is 24.2. The van der Waals surface area contributed by atoms with Crippen molar-refractivity contribution in [1.82, 2.24) is 20.2 Å². The predicted molar refractivity (Wildman–Crippen MR) is 287 cm³/mol. The van der Waals surface area contributed by atoms with Crippen molar-refractivity contribution >= 4 is 61.5 Å². The van der Waals surface area contributed by atoms with Crippen LogP contribution in [0.15, 0.2) is 119 Å². The van der Waals surface area contributed by atoms with Crippen LogP contribution < -0.4 is 45.2 Å². The van der Waals surface area contributed by atoms with E-state index in [1.54, 1.807) is 6.07 Å². The van der Waals surface area contributed by atoms with Crippen LogP contribution in [0.25, 0.3) is 21.8 Å². The minimum atomic E-state index is -0.0911. The number of rotatable bonds is 17. The van der Waals surface area contributed by atoms with Gasteiger partial charge in [-0.2, -0.15) is 0 Å². The summed E-state index contributed by atoms with van der Waals surface area (Å²) in [6.45, 7) is 19.4. The van der Waals surface area contributed by atoms with Gasteiger partial charge in [-0.1, -0.05) is 40.2 Å². The third kappa shape index (κ3) is 17.7. The van der Waals surface area contributed by atoms with E-state index in [1.165, 1.54) is 23.9 Å². The van der Waals surface area contributed by atoms with Gasteiger partial charge in [0.2, 0.25) is 11.1 Å². The number of anilines is 2. The SMILES string of the molecule is CC(C)Oc1ccccc1N1CCCN(CCCCOc2ccc3ccc(=O)[nH]c3c2)CC1.CC(C)Oc1ccccc1N1CCCNCC1.Cl.O=c1ccc2ccc(OCCCCBr)cc2[nH]1. The molecule has 0 radical (unpaired) electrons. The molecule has 2 aliphatic rings. The van der Waals surface area contributed by atoms with Gasteiger partial charge in [0.25, 0.3) is 0 Å².